The largest absolute Gasteiger partial charge is 0.381 e. The predicted molar refractivity (Wildman–Crippen MR) is 74.5 cm³/mol. The molecule has 0 bridgehead atoms. The maximum absolute atomic E-state index is 13.0. The van der Waals surface area contributed by atoms with Crippen LogP contribution in [0.2, 0.25) is 0 Å². The van der Waals surface area contributed by atoms with E-state index in [0.717, 1.165) is 16.9 Å². The number of anilines is 2. The zero-order valence-corrected chi connectivity index (χ0v) is 10.6. The van der Waals surface area contributed by atoms with Crippen LogP contribution < -0.4 is 10.6 Å². The lowest BCUT2D eigenvalue weighted by Gasteiger charge is -2.09. The highest BCUT2D eigenvalue weighted by atomic mass is 19.1. The lowest BCUT2D eigenvalue weighted by atomic mass is 10.2. The molecule has 0 aliphatic heterocycles. The summed E-state index contributed by atoms with van der Waals surface area (Å²) < 4.78 is 13.0. The fourth-order valence-corrected chi connectivity index (χ4v) is 1.76. The summed E-state index contributed by atoms with van der Waals surface area (Å²) in [6.07, 6.45) is 0. The van der Waals surface area contributed by atoms with Crippen LogP contribution in [0.5, 0.6) is 0 Å². The highest BCUT2D eigenvalue weighted by Gasteiger charge is 1.99. The Morgan fingerprint density at radius 1 is 1.11 bits per heavy atom. The topological polar surface area (TPSA) is 41.1 Å². The van der Waals surface area contributed by atoms with Crippen molar-refractivity contribution >= 4 is 17.3 Å². The summed E-state index contributed by atoms with van der Waals surface area (Å²) in [5, 5.41) is 5.90. The minimum absolute atomic E-state index is 0.109. The van der Waals surface area contributed by atoms with Crippen molar-refractivity contribution in [2.75, 3.05) is 10.6 Å². The van der Waals surface area contributed by atoms with E-state index in [2.05, 4.69) is 10.6 Å². The molecule has 0 aliphatic rings. The maximum atomic E-state index is 13.0. The third-order valence-electron chi connectivity index (χ3n) is 2.57. The Bertz CT molecular complexity index is 584. The Morgan fingerprint density at radius 3 is 2.58 bits per heavy atom. The number of carbonyl (C=O) groups is 1. The molecule has 0 fully saturated rings. The first kappa shape index (κ1) is 13.1. The second-order valence-corrected chi connectivity index (χ2v) is 4.25. The second-order valence-electron chi connectivity index (χ2n) is 4.25. The Hall–Kier alpha value is -2.36. The highest BCUT2D eigenvalue weighted by molar-refractivity contribution is 5.89. The maximum Gasteiger partial charge on any atom is 0.221 e. The molecular weight excluding hydrogens is 243 g/mol. The van der Waals surface area contributed by atoms with E-state index in [1.807, 2.05) is 30.3 Å². The molecule has 19 heavy (non-hydrogen) atoms. The van der Waals surface area contributed by atoms with Crippen molar-refractivity contribution < 1.29 is 9.18 Å². The van der Waals surface area contributed by atoms with Crippen molar-refractivity contribution in [3.63, 3.8) is 0 Å². The van der Waals surface area contributed by atoms with Crippen molar-refractivity contribution in [1.29, 1.82) is 0 Å². The standard InChI is InChI=1S/C15H15FN2O/c1-11(19)18-15-7-3-6-14(9-15)17-10-12-4-2-5-13(16)8-12/h2-9,17H,10H2,1H3,(H,18,19). The van der Waals surface area contributed by atoms with Crippen LogP contribution in [0.1, 0.15) is 12.5 Å². The van der Waals surface area contributed by atoms with E-state index in [1.165, 1.54) is 19.1 Å². The van der Waals surface area contributed by atoms with Gasteiger partial charge in [0.2, 0.25) is 5.91 Å². The smallest absolute Gasteiger partial charge is 0.221 e. The summed E-state index contributed by atoms with van der Waals surface area (Å²) in [6, 6.07) is 13.8. The van der Waals surface area contributed by atoms with Crippen molar-refractivity contribution in [3.05, 3.63) is 59.9 Å². The van der Waals surface area contributed by atoms with Crippen LogP contribution in [0, 0.1) is 5.82 Å². The number of rotatable bonds is 4. The van der Waals surface area contributed by atoms with Crippen LogP contribution >= 0.6 is 0 Å². The molecule has 0 heterocycles. The Labute approximate surface area is 111 Å². The molecule has 2 N–H and O–H groups in total. The average Bonchev–Trinajstić information content (AvgIpc) is 2.36. The molecule has 0 saturated carbocycles. The van der Waals surface area contributed by atoms with Gasteiger partial charge in [0.25, 0.3) is 0 Å². The number of hydrogen-bond acceptors (Lipinski definition) is 2. The van der Waals surface area contributed by atoms with Gasteiger partial charge in [-0.3, -0.25) is 4.79 Å². The van der Waals surface area contributed by atoms with Gasteiger partial charge in [0, 0.05) is 24.8 Å². The molecule has 0 spiro atoms. The molecule has 4 heteroatoms. The minimum Gasteiger partial charge on any atom is -0.381 e. The van der Waals surface area contributed by atoms with Gasteiger partial charge in [0.15, 0.2) is 0 Å². The van der Waals surface area contributed by atoms with Gasteiger partial charge < -0.3 is 10.6 Å². The third-order valence-corrected chi connectivity index (χ3v) is 2.57. The molecule has 98 valence electrons. The van der Waals surface area contributed by atoms with E-state index >= 15 is 0 Å². The van der Waals surface area contributed by atoms with Gasteiger partial charge in [-0.25, -0.2) is 4.39 Å². The van der Waals surface area contributed by atoms with E-state index < -0.39 is 0 Å². The zero-order chi connectivity index (χ0) is 13.7. The summed E-state index contributed by atoms with van der Waals surface area (Å²) in [5.41, 5.74) is 2.47. The molecule has 0 aromatic heterocycles. The molecule has 0 aliphatic carbocycles. The first-order valence-corrected chi connectivity index (χ1v) is 5.99. The number of hydrogen-bond donors (Lipinski definition) is 2. The van der Waals surface area contributed by atoms with Gasteiger partial charge >= 0.3 is 0 Å². The number of carbonyl (C=O) groups excluding carboxylic acids is 1. The Balaban J connectivity index is 2.01. The zero-order valence-electron chi connectivity index (χ0n) is 10.6. The molecule has 0 atom stereocenters. The van der Waals surface area contributed by atoms with E-state index in [9.17, 15) is 9.18 Å². The molecule has 2 aromatic rings. The van der Waals surface area contributed by atoms with Crippen molar-refractivity contribution in [2.45, 2.75) is 13.5 Å². The van der Waals surface area contributed by atoms with Crippen LogP contribution in [-0.2, 0) is 11.3 Å². The Kier molecular flexibility index (Phi) is 4.13. The van der Waals surface area contributed by atoms with Gasteiger partial charge in [0.05, 0.1) is 0 Å². The van der Waals surface area contributed by atoms with Crippen LogP contribution in [0.15, 0.2) is 48.5 Å². The van der Waals surface area contributed by atoms with Gasteiger partial charge in [-0.1, -0.05) is 18.2 Å². The van der Waals surface area contributed by atoms with Crippen LogP contribution in [-0.4, -0.2) is 5.91 Å². The SMILES string of the molecule is CC(=O)Nc1cccc(NCc2cccc(F)c2)c1. The molecule has 2 aromatic carbocycles. The fraction of sp³-hybridized carbons (Fsp3) is 0.133. The lowest BCUT2D eigenvalue weighted by Crippen LogP contribution is -2.06. The summed E-state index contributed by atoms with van der Waals surface area (Å²) in [4.78, 5) is 11.0. The van der Waals surface area contributed by atoms with E-state index in [4.69, 9.17) is 0 Å². The number of amides is 1. The van der Waals surface area contributed by atoms with Crippen LogP contribution in [0.3, 0.4) is 0 Å². The van der Waals surface area contributed by atoms with Gasteiger partial charge in [0.1, 0.15) is 5.82 Å². The second kappa shape index (κ2) is 6.00. The summed E-state index contributed by atoms with van der Waals surface area (Å²) >= 11 is 0. The van der Waals surface area contributed by atoms with Crippen LogP contribution in [0.4, 0.5) is 15.8 Å². The molecule has 3 nitrogen and oxygen atoms in total. The van der Waals surface area contributed by atoms with Crippen molar-refractivity contribution in [2.24, 2.45) is 0 Å². The van der Waals surface area contributed by atoms with E-state index in [-0.39, 0.29) is 11.7 Å². The van der Waals surface area contributed by atoms with Gasteiger partial charge in [-0.15, -0.1) is 0 Å². The van der Waals surface area contributed by atoms with Crippen molar-refractivity contribution in [3.8, 4) is 0 Å². The van der Waals surface area contributed by atoms with Gasteiger partial charge in [-0.2, -0.15) is 0 Å². The first-order valence-electron chi connectivity index (χ1n) is 5.99. The number of nitrogens with one attached hydrogen (secondary N) is 2. The fourth-order valence-electron chi connectivity index (χ4n) is 1.76. The molecule has 1 amide bonds. The highest BCUT2D eigenvalue weighted by Crippen LogP contribution is 2.16. The van der Waals surface area contributed by atoms with Crippen LogP contribution in [0.25, 0.3) is 0 Å². The lowest BCUT2D eigenvalue weighted by molar-refractivity contribution is -0.114. The molecular formula is C15H15FN2O. The molecule has 0 radical (unpaired) electrons. The number of benzene rings is 2. The van der Waals surface area contributed by atoms with Crippen molar-refractivity contribution in [1.82, 2.24) is 0 Å². The van der Waals surface area contributed by atoms with Gasteiger partial charge in [-0.05, 0) is 35.9 Å². The average molecular weight is 258 g/mol. The Morgan fingerprint density at radius 2 is 1.84 bits per heavy atom. The number of halogens is 1. The quantitative estimate of drug-likeness (QED) is 0.882. The third kappa shape index (κ3) is 4.10. The summed E-state index contributed by atoms with van der Waals surface area (Å²) in [5.74, 6) is -0.353. The molecule has 0 saturated heterocycles. The normalized spacial score (nSPS) is 10.0. The van der Waals surface area contributed by atoms with E-state index in [0.29, 0.717) is 6.54 Å². The molecule has 2 rings (SSSR count). The summed E-state index contributed by atoms with van der Waals surface area (Å²) in [6.45, 7) is 1.99. The predicted octanol–water partition coefficient (Wildman–Crippen LogP) is 3.40. The summed E-state index contributed by atoms with van der Waals surface area (Å²) in [7, 11) is 0. The van der Waals surface area contributed by atoms with E-state index in [1.54, 1.807) is 6.07 Å². The monoisotopic (exact) mass is 258 g/mol. The minimum atomic E-state index is -0.244. The first-order chi connectivity index (χ1) is 9.13. The molecule has 0 unspecified atom stereocenters.